The number of nitro groups is 1. The van der Waals surface area contributed by atoms with Crippen molar-refractivity contribution in [3.63, 3.8) is 0 Å². The zero-order chi connectivity index (χ0) is 14.7. The molecule has 0 spiro atoms. The molecule has 0 bridgehead atoms. The highest BCUT2D eigenvalue weighted by molar-refractivity contribution is 7.99. The summed E-state index contributed by atoms with van der Waals surface area (Å²) in [5.74, 6) is -0.993. The zero-order valence-corrected chi connectivity index (χ0v) is 11.4. The number of benzene rings is 2. The predicted molar refractivity (Wildman–Crippen MR) is 75.4 cm³/mol. The lowest BCUT2D eigenvalue weighted by Gasteiger charge is -2.08. The minimum absolute atomic E-state index is 0.0263. The lowest BCUT2D eigenvalue weighted by Crippen LogP contribution is -1.98. The molecule has 0 amide bonds. The highest BCUT2D eigenvalue weighted by atomic mass is 32.2. The number of hydrogen-bond donors (Lipinski definition) is 1. The van der Waals surface area contributed by atoms with E-state index in [4.69, 9.17) is 5.11 Å². The van der Waals surface area contributed by atoms with Gasteiger partial charge in [-0.2, -0.15) is 0 Å². The topological polar surface area (TPSA) is 80.4 Å². The van der Waals surface area contributed by atoms with Gasteiger partial charge in [-0.1, -0.05) is 23.9 Å². The average Bonchev–Trinajstić information content (AvgIpc) is 2.41. The maximum atomic E-state index is 11.1. The lowest BCUT2D eigenvalue weighted by molar-refractivity contribution is -0.385. The largest absolute Gasteiger partial charge is 0.478 e. The van der Waals surface area contributed by atoms with E-state index in [1.807, 2.05) is 0 Å². The van der Waals surface area contributed by atoms with Crippen LogP contribution in [-0.4, -0.2) is 16.0 Å². The van der Waals surface area contributed by atoms with Crippen LogP contribution in [0, 0.1) is 17.0 Å². The van der Waals surface area contributed by atoms with E-state index >= 15 is 0 Å². The quantitative estimate of drug-likeness (QED) is 0.684. The van der Waals surface area contributed by atoms with E-state index in [-0.39, 0.29) is 11.3 Å². The van der Waals surface area contributed by atoms with E-state index in [9.17, 15) is 14.9 Å². The van der Waals surface area contributed by atoms with Crippen LogP contribution in [0.1, 0.15) is 15.9 Å². The average molecular weight is 289 g/mol. The fourth-order valence-corrected chi connectivity index (χ4v) is 2.72. The van der Waals surface area contributed by atoms with Crippen LogP contribution in [0.4, 0.5) is 5.69 Å². The van der Waals surface area contributed by atoms with Crippen LogP contribution >= 0.6 is 11.8 Å². The summed E-state index contributed by atoms with van der Waals surface area (Å²) in [5, 5.41) is 19.8. The highest BCUT2D eigenvalue weighted by Crippen LogP contribution is 2.34. The molecule has 0 saturated heterocycles. The number of carbonyl (C=O) groups is 1. The van der Waals surface area contributed by atoms with Crippen molar-refractivity contribution in [3.05, 3.63) is 63.7 Å². The summed E-state index contributed by atoms with van der Waals surface area (Å²) >= 11 is 1.29. The second-order valence-electron chi connectivity index (χ2n) is 4.11. The Kier molecular flexibility index (Phi) is 4.05. The van der Waals surface area contributed by atoms with Crippen LogP contribution in [0.15, 0.2) is 52.3 Å². The van der Waals surface area contributed by atoms with Gasteiger partial charge in [0, 0.05) is 21.9 Å². The van der Waals surface area contributed by atoms with Crippen molar-refractivity contribution in [2.75, 3.05) is 0 Å². The molecule has 2 rings (SSSR count). The van der Waals surface area contributed by atoms with Crippen LogP contribution < -0.4 is 0 Å². The number of nitrogens with zero attached hydrogens (tertiary/aromatic N) is 1. The number of carboxylic acid groups (broad SMARTS) is 1. The van der Waals surface area contributed by atoms with Crippen LogP contribution in [0.5, 0.6) is 0 Å². The summed E-state index contributed by atoms with van der Waals surface area (Å²) in [6, 6.07) is 11.2. The van der Waals surface area contributed by atoms with Gasteiger partial charge in [0.25, 0.3) is 5.69 Å². The Morgan fingerprint density at radius 2 is 1.90 bits per heavy atom. The fraction of sp³-hybridized carbons (Fsp3) is 0.0714. The molecule has 0 saturated carbocycles. The summed E-state index contributed by atoms with van der Waals surface area (Å²) < 4.78 is 0. The minimum Gasteiger partial charge on any atom is -0.478 e. The number of non-ortho nitro benzene ring substituents is 1. The fourth-order valence-electron chi connectivity index (χ4n) is 1.71. The van der Waals surface area contributed by atoms with Gasteiger partial charge in [-0.15, -0.1) is 0 Å². The van der Waals surface area contributed by atoms with Crippen molar-refractivity contribution < 1.29 is 14.8 Å². The number of aromatic carboxylic acids is 1. The van der Waals surface area contributed by atoms with Gasteiger partial charge in [-0.3, -0.25) is 10.1 Å². The van der Waals surface area contributed by atoms with Crippen LogP contribution in [0.2, 0.25) is 0 Å². The maximum absolute atomic E-state index is 11.1. The van der Waals surface area contributed by atoms with E-state index < -0.39 is 10.9 Å². The van der Waals surface area contributed by atoms with Gasteiger partial charge >= 0.3 is 5.97 Å². The van der Waals surface area contributed by atoms with E-state index in [0.717, 1.165) is 10.5 Å². The van der Waals surface area contributed by atoms with Gasteiger partial charge in [0.15, 0.2) is 0 Å². The Hall–Kier alpha value is -2.34. The molecule has 0 aliphatic carbocycles. The predicted octanol–water partition coefficient (Wildman–Crippen LogP) is 3.75. The molecule has 102 valence electrons. The Bertz CT molecular complexity index is 685. The second-order valence-corrected chi connectivity index (χ2v) is 5.19. The highest BCUT2D eigenvalue weighted by Gasteiger charge is 2.13. The molecular formula is C14H11NO4S. The van der Waals surface area contributed by atoms with Gasteiger partial charge < -0.3 is 5.11 Å². The van der Waals surface area contributed by atoms with E-state index in [2.05, 4.69) is 0 Å². The van der Waals surface area contributed by atoms with Crippen molar-refractivity contribution in [2.45, 2.75) is 16.7 Å². The van der Waals surface area contributed by atoms with Crippen molar-refractivity contribution in [3.8, 4) is 0 Å². The SMILES string of the molecule is Cc1cc([N+](=O)[O-])ccc1Sc1ccccc1C(=O)O. The molecule has 0 aliphatic rings. The smallest absolute Gasteiger partial charge is 0.336 e. The number of aryl methyl sites for hydroxylation is 1. The van der Waals surface area contributed by atoms with Crippen molar-refractivity contribution in [2.24, 2.45) is 0 Å². The van der Waals surface area contributed by atoms with E-state index in [1.165, 1.54) is 30.0 Å². The third-order valence-corrected chi connectivity index (χ3v) is 3.96. The molecule has 20 heavy (non-hydrogen) atoms. The summed E-state index contributed by atoms with van der Waals surface area (Å²) in [6.45, 7) is 1.76. The molecule has 0 atom stereocenters. The monoisotopic (exact) mass is 289 g/mol. The molecule has 2 aromatic rings. The Morgan fingerprint density at radius 1 is 1.20 bits per heavy atom. The molecule has 0 unspecified atom stereocenters. The zero-order valence-electron chi connectivity index (χ0n) is 10.6. The first-order valence-corrected chi connectivity index (χ1v) is 6.56. The maximum Gasteiger partial charge on any atom is 0.336 e. The normalized spacial score (nSPS) is 10.2. The van der Waals surface area contributed by atoms with Gasteiger partial charge in [0.2, 0.25) is 0 Å². The lowest BCUT2D eigenvalue weighted by atomic mass is 10.2. The second kappa shape index (κ2) is 5.75. The summed E-state index contributed by atoms with van der Waals surface area (Å²) in [7, 11) is 0. The Balaban J connectivity index is 2.36. The summed E-state index contributed by atoms with van der Waals surface area (Å²) in [5.41, 5.74) is 0.984. The van der Waals surface area contributed by atoms with Crippen LogP contribution in [0.25, 0.3) is 0 Å². The van der Waals surface area contributed by atoms with Crippen molar-refractivity contribution >= 4 is 23.4 Å². The molecule has 0 heterocycles. The first-order chi connectivity index (χ1) is 9.49. The number of rotatable bonds is 4. The summed E-state index contributed by atoms with van der Waals surface area (Å²) in [6.07, 6.45) is 0. The molecule has 1 N–H and O–H groups in total. The molecule has 0 aliphatic heterocycles. The Labute approximate surface area is 119 Å². The van der Waals surface area contributed by atoms with Crippen LogP contribution in [0.3, 0.4) is 0 Å². The van der Waals surface area contributed by atoms with Gasteiger partial charge in [-0.05, 0) is 30.7 Å². The molecule has 0 fully saturated rings. The third-order valence-electron chi connectivity index (χ3n) is 2.71. The first kappa shape index (κ1) is 14.1. The van der Waals surface area contributed by atoms with E-state index in [1.54, 1.807) is 31.2 Å². The molecule has 0 radical (unpaired) electrons. The molecule has 0 aromatic heterocycles. The first-order valence-electron chi connectivity index (χ1n) is 5.74. The molecule has 5 nitrogen and oxygen atoms in total. The standard InChI is InChI=1S/C14H11NO4S/c1-9-8-10(15(18)19)6-7-12(9)20-13-5-3-2-4-11(13)14(16)17/h2-8H,1H3,(H,16,17). The third kappa shape index (κ3) is 2.97. The molecule has 6 heteroatoms. The number of nitro benzene ring substituents is 1. The van der Waals surface area contributed by atoms with Gasteiger partial charge in [0.1, 0.15) is 0 Å². The van der Waals surface area contributed by atoms with Gasteiger partial charge in [0.05, 0.1) is 10.5 Å². The summed E-state index contributed by atoms with van der Waals surface area (Å²) in [4.78, 5) is 22.8. The van der Waals surface area contributed by atoms with Crippen molar-refractivity contribution in [1.29, 1.82) is 0 Å². The van der Waals surface area contributed by atoms with Gasteiger partial charge in [-0.25, -0.2) is 4.79 Å². The number of carboxylic acids is 1. The molecule has 2 aromatic carbocycles. The Morgan fingerprint density at radius 3 is 2.50 bits per heavy atom. The number of hydrogen-bond acceptors (Lipinski definition) is 4. The molecular weight excluding hydrogens is 278 g/mol. The van der Waals surface area contributed by atoms with Crippen molar-refractivity contribution in [1.82, 2.24) is 0 Å². The minimum atomic E-state index is -0.993. The van der Waals surface area contributed by atoms with E-state index in [0.29, 0.717) is 4.90 Å². The van der Waals surface area contributed by atoms with Crippen LogP contribution in [-0.2, 0) is 0 Å².